The van der Waals surface area contributed by atoms with Crippen LogP contribution in [-0.4, -0.2) is 39.4 Å². The lowest BCUT2D eigenvalue weighted by Gasteiger charge is -2.26. The van der Waals surface area contributed by atoms with E-state index < -0.39 is 11.7 Å². The smallest absolute Gasteiger partial charge is 0.250 e. The van der Waals surface area contributed by atoms with Gasteiger partial charge < -0.3 is 25.3 Å². The van der Waals surface area contributed by atoms with E-state index in [1.165, 1.54) is 12.1 Å². The van der Waals surface area contributed by atoms with Crippen LogP contribution in [0.15, 0.2) is 30.3 Å². The van der Waals surface area contributed by atoms with E-state index in [1.807, 2.05) is 6.07 Å². The second-order valence-electron chi connectivity index (χ2n) is 6.71. The molecule has 1 aliphatic heterocycles. The minimum atomic E-state index is -0.594. The lowest BCUT2D eigenvalue weighted by atomic mass is 9.97. The number of carbonyl (C=O) groups excluding carboxylic acids is 1. The molecule has 6 nitrogen and oxygen atoms in total. The van der Waals surface area contributed by atoms with Crippen molar-refractivity contribution in [1.82, 2.24) is 0 Å². The number of halogens is 1. The maximum Gasteiger partial charge on any atom is 0.250 e. The van der Waals surface area contributed by atoms with Crippen LogP contribution in [0.1, 0.15) is 34.3 Å². The summed E-state index contributed by atoms with van der Waals surface area (Å²) >= 11 is 0. The molecule has 0 atom stereocenters. The van der Waals surface area contributed by atoms with Crippen LogP contribution in [0.25, 0.3) is 0 Å². The van der Waals surface area contributed by atoms with Gasteiger partial charge in [-0.2, -0.15) is 0 Å². The molecule has 0 unspecified atom stereocenters. The fourth-order valence-electron chi connectivity index (χ4n) is 3.41. The van der Waals surface area contributed by atoms with Crippen LogP contribution in [0.3, 0.4) is 0 Å². The molecule has 1 aliphatic rings. The summed E-state index contributed by atoms with van der Waals surface area (Å²) in [7, 11) is 3.11. The van der Waals surface area contributed by atoms with Gasteiger partial charge in [-0.1, -0.05) is 6.07 Å². The predicted molar refractivity (Wildman–Crippen MR) is 105 cm³/mol. The number of hydrogen-bond acceptors (Lipinski definition) is 5. The minimum absolute atomic E-state index is 0.0952. The van der Waals surface area contributed by atoms with Gasteiger partial charge in [0, 0.05) is 31.2 Å². The van der Waals surface area contributed by atoms with Crippen molar-refractivity contribution in [1.29, 1.82) is 0 Å². The van der Waals surface area contributed by atoms with Gasteiger partial charge in [0.2, 0.25) is 0 Å². The summed E-state index contributed by atoms with van der Waals surface area (Å²) in [6.45, 7) is 1.26. The zero-order valence-electron chi connectivity index (χ0n) is 16.1. The van der Waals surface area contributed by atoms with Gasteiger partial charge >= 0.3 is 0 Å². The Morgan fingerprint density at radius 1 is 1.18 bits per heavy atom. The molecule has 1 fully saturated rings. The van der Waals surface area contributed by atoms with Gasteiger partial charge in [0.25, 0.3) is 5.91 Å². The zero-order valence-corrected chi connectivity index (χ0v) is 16.1. The summed E-state index contributed by atoms with van der Waals surface area (Å²) in [5.74, 6) is 0.168. The number of rotatable bonds is 7. The molecular weight excluding hydrogens is 363 g/mol. The molecule has 2 aromatic carbocycles. The van der Waals surface area contributed by atoms with Crippen LogP contribution in [0.4, 0.5) is 10.1 Å². The van der Waals surface area contributed by atoms with E-state index in [2.05, 4.69) is 5.32 Å². The Balaban J connectivity index is 1.99. The number of benzene rings is 2. The Hall–Kier alpha value is -2.80. The first-order valence-electron chi connectivity index (χ1n) is 9.19. The number of nitrogens with two attached hydrogens (primary N) is 1. The van der Waals surface area contributed by atoms with Crippen molar-refractivity contribution < 1.29 is 23.4 Å². The van der Waals surface area contributed by atoms with E-state index >= 15 is 0 Å². The summed E-state index contributed by atoms with van der Waals surface area (Å²) in [6.07, 6.45) is 1.84. The molecule has 7 heteroatoms. The minimum Gasteiger partial charge on any atom is -0.493 e. The van der Waals surface area contributed by atoms with Crippen LogP contribution >= 0.6 is 0 Å². The molecule has 0 spiro atoms. The lowest BCUT2D eigenvalue weighted by Crippen LogP contribution is -2.30. The van der Waals surface area contributed by atoms with Gasteiger partial charge in [-0.3, -0.25) is 4.79 Å². The largest absolute Gasteiger partial charge is 0.493 e. The van der Waals surface area contributed by atoms with Crippen LogP contribution in [-0.2, 0) is 11.2 Å². The van der Waals surface area contributed by atoms with Crippen molar-refractivity contribution in [3.63, 3.8) is 0 Å². The number of primary amides is 1. The fourth-order valence-corrected chi connectivity index (χ4v) is 3.41. The highest BCUT2D eigenvalue weighted by Gasteiger charge is 2.22. The average molecular weight is 388 g/mol. The van der Waals surface area contributed by atoms with Gasteiger partial charge in [0.05, 0.1) is 25.5 Å². The molecule has 28 heavy (non-hydrogen) atoms. The molecule has 1 heterocycles. The molecule has 0 radical (unpaired) electrons. The fraction of sp³-hybridized carbons (Fsp3) is 0.381. The van der Waals surface area contributed by atoms with E-state index in [1.54, 1.807) is 26.4 Å². The summed E-state index contributed by atoms with van der Waals surface area (Å²) in [5, 5.41) is 3.33. The van der Waals surface area contributed by atoms with Gasteiger partial charge in [0.1, 0.15) is 5.82 Å². The molecule has 150 valence electrons. The number of nitrogens with one attached hydrogen (secondary N) is 1. The van der Waals surface area contributed by atoms with Crippen LogP contribution in [0.2, 0.25) is 0 Å². The highest BCUT2D eigenvalue weighted by Crippen LogP contribution is 2.32. The molecule has 0 bridgehead atoms. The summed E-state index contributed by atoms with van der Waals surface area (Å²) in [6, 6.07) is 8.22. The summed E-state index contributed by atoms with van der Waals surface area (Å²) in [5.41, 5.74) is 7.51. The molecule has 2 aromatic rings. The van der Waals surface area contributed by atoms with Crippen molar-refractivity contribution >= 4 is 11.6 Å². The summed E-state index contributed by atoms with van der Waals surface area (Å²) in [4.78, 5) is 12.0. The molecular formula is C21H25FN2O4. The van der Waals surface area contributed by atoms with Crippen molar-refractivity contribution in [2.24, 2.45) is 5.73 Å². The molecule has 3 rings (SSSR count). The third kappa shape index (κ3) is 4.36. The van der Waals surface area contributed by atoms with Crippen LogP contribution in [0, 0.1) is 5.82 Å². The number of anilines is 1. The quantitative estimate of drug-likeness (QED) is 0.762. The van der Waals surface area contributed by atoms with E-state index in [0.717, 1.165) is 18.4 Å². The van der Waals surface area contributed by atoms with E-state index in [9.17, 15) is 9.18 Å². The second kappa shape index (κ2) is 8.93. The molecule has 0 aromatic heterocycles. The van der Waals surface area contributed by atoms with Crippen molar-refractivity contribution in [2.45, 2.75) is 25.3 Å². The normalized spacial score (nSPS) is 14.5. The second-order valence-corrected chi connectivity index (χ2v) is 6.71. The molecule has 1 amide bonds. The Kier molecular flexibility index (Phi) is 6.36. The third-order valence-corrected chi connectivity index (χ3v) is 4.92. The van der Waals surface area contributed by atoms with Gasteiger partial charge in [-0.25, -0.2) is 4.39 Å². The highest BCUT2D eigenvalue weighted by molar-refractivity contribution is 5.99. The molecule has 0 aliphatic carbocycles. The van der Waals surface area contributed by atoms with Crippen molar-refractivity contribution in [3.05, 3.63) is 52.8 Å². The first kappa shape index (κ1) is 19.9. The molecule has 3 N–H and O–H groups in total. The Bertz CT molecular complexity index is 851. The third-order valence-electron chi connectivity index (χ3n) is 4.92. The van der Waals surface area contributed by atoms with E-state index in [4.69, 9.17) is 19.9 Å². The predicted octanol–water partition coefficient (Wildman–Crippen LogP) is 3.12. The number of amides is 1. The SMILES string of the molecule is COc1ccc(Cc2c(F)ccc(C(N)=O)c2NC2CCOCC2)cc1OC. The molecule has 1 saturated heterocycles. The maximum absolute atomic E-state index is 14.8. The Morgan fingerprint density at radius 2 is 1.89 bits per heavy atom. The first-order chi connectivity index (χ1) is 13.5. The van der Waals surface area contributed by atoms with Gasteiger partial charge in [-0.15, -0.1) is 0 Å². The average Bonchev–Trinajstić information content (AvgIpc) is 2.71. The number of methoxy groups -OCH3 is 2. The highest BCUT2D eigenvalue weighted by atomic mass is 19.1. The van der Waals surface area contributed by atoms with Crippen LogP contribution < -0.4 is 20.5 Å². The van der Waals surface area contributed by atoms with E-state index in [0.29, 0.717) is 36.0 Å². The standard InChI is InChI=1S/C21H25FN2O4/c1-26-18-6-3-13(12-19(18)27-2)11-16-17(22)5-4-15(21(23)25)20(16)24-14-7-9-28-10-8-14/h3-6,12,14,24H,7-11H2,1-2H3,(H2,23,25). The van der Waals surface area contributed by atoms with Crippen molar-refractivity contribution in [2.75, 3.05) is 32.8 Å². The maximum atomic E-state index is 14.8. The topological polar surface area (TPSA) is 82.8 Å². The monoisotopic (exact) mass is 388 g/mol. The lowest BCUT2D eigenvalue weighted by molar-refractivity contribution is 0.0904. The zero-order chi connectivity index (χ0) is 20.1. The van der Waals surface area contributed by atoms with Gasteiger partial charge in [-0.05, 0) is 42.7 Å². The Labute approximate surface area is 163 Å². The number of ether oxygens (including phenoxy) is 3. The number of hydrogen-bond donors (Lipinski definition) is 2. The molecule has 0 saturated carbocycles. The first-order valence-corrected chi connectivity index (χ1v) is 9.19. The van der Waals surface area contributed by atoms with E-state index in [-0.39, 0.29) is 18.0 Å². The van der Waals surface area contributed by atoms with Crippen LogP contribution in [0.5, 0.6) is 11.5 Å². The number of carbonyl (C=O) groups is 1. The summed E-state index contributed by atoms with van der Waals surface area (Å²) < 4.78 is 30.8. The Morgan fingerprint density at radius 3 is 2.54 bits per heavy atom. The van der Waals surface area contributed by atoms with Gasteiger partial charge in [0.15, 0.2) is 11.5 Å². The van der Waals surface area contributed by atoms with Crippen molar-refractivity contribution in [3.8, 4) is 11.5 Å².